The number of nitrogens with zero attached hydrogens (tertiary/aromatic N) is 1. The molecule has 1 atom stereocenters. The Bertz CT molecular complexity index is 214. The van der Waals surface area contributed by atoms with Gasteiger partial charge in [0.05, 0.1) is 0 Å². The lowest BCUT2D eigenvalue weighted by Gasteiger charge is -2.22. The molecule has 0 aliphatic heterocycles. The summed E-state index contributed by atoms with van der Waals surface area (Å²) in [4.78, 5) is 13.6. The first-order valence-corrected chi connectivity index (χ1v) is 5.68. The van der Waals surface area contributed by atoms with E-state index in [2.05, 4.69) is 13.5 Å². The number of carbonyl (C=O) groups is 1. The van der Waals surface area contributed by atoms with Crippen molar-refractivity contribution in [3.63, 3.8) is 0 Å². The first kappa shape index (κ1) is 14.2. The fourth-order valence-electron chi connectivity index (χ4n) is 1.53. The molecule has 0 aromatic heterocycles. The van der Waals surface area contributed by atoms with Gasteiger partial charge in [-0.15, -0.1) is 0 Å². The summed E-state index contributed by atoms with van der Waals surface area (Å²) in [5.74, 6) is 0.140. The molecule has 0 saturated carbocycles. The number of hydrogen-bond donors (Lipinski definition) is 1. The molecule has 0 spiro atoms. The first-order valence-electron chi connectivity index (χ1n) is 5.68. The zero-order valence-electron chi connectivity index (χ0n) is 10.3. The molecule has 0 aromatic rings. The van der Waals surface area contributed by atoms with Crippen molar-refractivity contribution in [2.45, 2.75) is 46.1 Å². The lowest BCUT2D eigenvalue weighted by molar-refractivity contribution is -0.131. The van der Waals surface area contributed by atoms with Crippen LogP contribution >= 0.6 is 0 Å². The van der Waals surface area contributed by atoms with Crippen molar-refractivity contribution in [1.29, 1.82) is 0 Å². The van der Waals surface area contributed by atoms with E-state index in [1.165, 1.54) is 0 Å². The molecular weight excluding hydrogens is 188 g/mol. The van der Waals surface area contributed by atoms with E-state index in [-0.39, 0.29) is 11.9 Å². The second-order valence-electron chi connectivity index (χ2n) is 4.12. The summed E-state index contributed by atoms with van der Waals surface area (Å²) in [5, 5.41) is 0. The Labute approximate surface area is 93.3 Å². The first-order chi connectivity index (χ1) is 7.01. The highest BCUT2D eigenvalue weighted by molar-refractivity contribution is 5.77. The summed E-state index contributed by atoms with van der Waals surface area (Å²) in [7, 11) is 0. The second kappa shape index (κ2) is 7.46. The molecule has 0 bridgehead atoms. The number of amides is 1. The smallest absolute Gasteiger partial charge is 0.224 e. The Morgan fingerprint density at radius 3 is 2.47 bits per heavy atom. The van der Waals surface area contributed by atoms with Gasteiger partial charge in [0.2, 0.25) is 5.91 Å². The lowest BCUT2D eigenvalue weighted by Crippen LogP contribution is -2.36. The molecule has 1 unspecified atom stereocenters. The van der Waals surface area contributed by atoms with Gasteiger partial charge in [-0.3, -0.25) is 4.79 Å². The van der Waals surface area contributed by atoms with E-state index in [0.717, 1.165) is 25.0 Å². The number of nitrogens with two attached hydrogens (primary N) is 1. The van der Waals surface area contributed by atoms with Gasteiger partial charge in [-0.05, 0) is 20.3 Å². The van der Waals surface area contributed by atoms with Crippen molar-refractivity contribution in [2.75, 3.05) is 13.1 Å². The molecular formula is C12H24N2O. The van der Waals surface area contributed by atoms with Crippen LogP contribution in [0.5, 0.6) is 0 Å². The zero-order valence-corrected chi connectivity index (χ0v) is 10.3. The molecule has 0 aliphatic rings. The molecule has 0 fully saturated rings. The average Bonchev–Trinajstić information content (AvgIpc) is 2.13. The summed E-state index contributed by atoms with van der Waals surface area (Å²) in [5.41, 5.74) is 6.85. The maximum absolute atomic E-state index is 11.8. The largest absolute Gasteiger partial charge is 0.339 e. The van der Waals surface area contributed by atoms with Crippen LogP contribution in [0.1, 0.15) is 40.0 Å². The van der Waals surface area contributed by atoms with Crippen molar-refractivity contribution >= 4 is 5.91 Å². The van der Waals surface area contributed by atoms with Crippen LogP contribution in [0, 0.1) is 0 Å². The predicted octanol–water partition coefficient (Wildman–Crippen LogP) is 1.93. The van der Waals surface area contributed by atoms with Crippen LogP contribution in [0.25, 0.3) is 0 Å². The normalized spacial score (nSPS) is 12.3. The fourth-order valence-corrected chi connectivity index (χ4v) is 1.53. The quantitative estimate of drug-likeness (QED) is 0.655. The van der Waals surface area contributed by atoms with Gasteiger partial charge in [0.1, 0.15) is 0 Å². The van der Waals surface area contributed by atoms with Crippen LogP contribution in [0.15, 0.2) is 12.2 Å². The molecule has 0 aromatic carbocycles. The predicted molar refractivity (Wildman–Crippen MR) is 64.6 cm³/mol. The van der Waals surface area contributed by atoms with Crippen LogP contribution in [-0.4, -0.2) is 29.9 Å². The Balaban J connectivity index is 4.09. The van der Waals surface area contributed by atoms with E-state index in [0.29, 0.717) is 13.0 Å². The number of carbonyl (C=O) groups excluding carboxylic acids is 1. The van der Waals surface area contributed by atoms with Crippen LogP contribution < -0.4 is 5.73 Å². The summed E-state index contributed by atoms with van der Waals surface area (Å²) >= 11 is 0. The number of rotatable bonds is 7. The van der Waals surface area contributed by atoms with Crippen LogP contribution in [0.4, 0.5) is 0 Å². The van der Waals surface area contributed by atoms with Gasteiger partial charge < -0.3 is 10.6 Å². The van der Waals surface area contributed by atoms with E-state index in [1.54, 1.807) is 4.90 Å². The molecule has 0 saturated heterocycles. The Kier molecular flexibility index (Phi) is 7.05. The van der Waals surface area contributed by atoms with E-state index in [4.69, 9.17) is 5.73 Å². The lowest BCUT2D eigenvalue weighted by atomic mass is 10.1. The van der Waals surface area contributed by atoms with E-state index in [1.807, 2.05) is 13.8 Å². The van der Waals surface area contributed by atoms with Crippen molar-refractivity contribution in [3.05, 3.63) is 12.2 Å². The molecule has 88 valence electrons. The monoisotopic (exact) mass is 212 g/mol. The van der Waals surface area contributed by atoms with Gasteiger partial charge in [0.25, 0.3) is 0 Å². The molecule has 3 nitrogen and oxygen atoms in total. The third-order valence-electron chi connectivity index (χ3n) is 2.29. The third-order valence-corrected chi connectivity index (χ3v) is 2.29. The van der Waals surface area contributed by atoms with Gasteiger partial charge in [-0.1, -0.05) is 25.5 Å². The van der Waals surface area contributed by atoms with Crippen LogP contribution in [-0.2, 0) is 4.79 Å². The van der Waals surface area contributed by atoms with Crippen LogP contribution in [0.2, 0.25) is 0 Å². The molecule has 1 amide bonds. The fraction of sp³-hybridized carbons (Fsp3) is 0.750. The van der Waals surface area contributed by atoms with E-state index >= 15 is 0 Å². The topological polar surface area (TPSA) is 46.3 Å². The molecule has 0 heterocycles. The zero-order chi connectivity index (χ0) is 11.8. The summed E-state index contributed by atoms with van der Waals surface area (Å²) in [6.07, 6.45) is 2.40. The van der Waals surface area contributed by atoms with Crippen molar-refractivity contribution in [3.8, 4) is 0 Å². The highest BCUT2D eigenvalue weighted by Gasteiger charge is 2.14. The summed E-state index contributed by atoms with van der Waals surface area (Å²) < 4.78 is 0. The minimum absolute atomic E-state index is 0.00155. The van der Waals surface area contributed by atoms with Crippen molar-refractivity contribution < 1.29 is 4.79 Å². The van der Waals surface area contributed by atoms with Gasteiger partial charge in [0, 0.05) is 25.6 Å². The standard InChI is InChI=1S/C12H24N2O/c1-5-7-11(13)8-12(15)14(6-2)9-10(3)4/h11H,3,5-9,13H2,1-2,4H3. The van der Waals surface area contributed by atoms with Crippen molar-refractivity contribution in [1.82, 2.24) is 4.90 Å². The Morgan fingerprint density at radius 1 is 1.47 bits per heavy atom. The van der Waals surface area contributed by atoms with Gasteiger partial charge in [-0.25, -0.2) is 0 Å². The maximum Gasteiger partial charge on any atom is 0.224 e. The Hall–Kier alpha value is -0.830. The highest BCUT2D eigenvalue weighted by Crippen LogP contribution is 2.04. The minimum atomic E-state index is 0.00155. The maximum atomic E-state index is 11.8. The van der Waals surface area contributed by atoms with Crippen LogP contribution in [0.3, 0.4) is 0 Å². The molecule has 3 heteroatoms. The van der Waals surface area contributed by atoms with Gasteiger partial charge in [0.15, 0.2) is 0 Å². The van der Waals surface area contributed by atoms with Crippen molar-refractivity contribution in [2.24, 2.45) is 5.73 Å². The van der Waals surface area contributed by atoms with Gasteiger partial charge in [-0.2, -0.15) is 0 Å². The second-order valence-corrected chi connectivity index (χ2v) is 4.12. The molecule has 2 N–H and O–H groups in total. The number of likely N-dealkylation sites (N-methyl/N-ethyl adjacent to an activating group) is 1. The molecule has 0 rings (SSSR count). The SMILES string of the molecule is C=C(C)CN(CC)C(=O)CC(N)CCC. The summed E-state index contributed by atoms with van der Waals surface area (Å²) in [6, 6.07) is 0.00155. The van der Waals surface area contributed by atoms with Gasteiger partial charge >= 0.3 is 0 Å². The third kappa shape index (κ3) is 6.28. The highest BCUT2D eigenvalue weighted by atomic mass is 16.2. The minimum Gasteiger partial charge on any atom is -0.339 e. The van der Waals surface area contributed by atoms with E-state index < -0.39 is 0 Å². The Morgan fingerprint density at radius 2 is 2.07 bits per heavy atom. The van der Waals surface area contributed by atoms with E-state index in [9.17, 15) is 4.79 Å². The molecule has 0 radical (unpaired) electrons. The number of hydrogen-bond acceptors (Lipinski definition) is 2. The average molecular weight is 212 g/mol. The summed E-state index contributed by atoms with van der Waals surface area (Å²) in [6.45, 7) is 11.2. The molecule has 0 aliphatic carbocycles. The molecule has 15 heavy (non-hydrogen) atoms.